The highest BCUT2D eigenvalue weighted by Crippen LogP contribution is 2.35. The summed E-state index contributed by atoms with van der Waals surface area (Å²) in [5.74, 6) is 1.01. The van der Waals surface area contributed by atoms with Gasteiger partial charge >= 0.3 is 6.03 Å². The quantitative estimate of drug-likeness (QED) is 0.890. The number of anilines is 1. The molecule has 3 fully saturated rings. The van der Waals surface area contributed by atoms with E-state index in [0.717, 1.165) is 50.6 Å². The Balaban J connectivity index is 1.43. The van der Waals surface area contributed by atoms with Gasteiger partial charge < -0.3 is 15.1 Å². The van der Waals surface area contributed by atoms with Gasteiger partial charge in [0.25, 0.3) is 0 Å². The number of nitrogens with zero attached hydrogens (tertiary/aromatic N) is 3. The van der Waals surface area contributed by atoms with Crippen molar-refractivity contribution in [1.82, 2.24) is 14.7 Å². The first-order valence-corrected chi connectivity index (χ1v) is 10.2. The van der Waals surface area contributed by atoms with E-state index in [2.05, 4.69) is 22.2 Å². The number of amides is 3. The van der Waals surface area contributed by atoms with Crippen LogP contribution in [-0.4, -0.2) is 71.9 Å². The SMILES string of the molecule is CN1CCN(C(=O)Nc2ccccc2)C[C@@]12CCC(=O)N(CC1CC1)CC2. The molecule has 1 N–H and O–H groups in total. The molecule has 2 saturated heterocycles. The summed E-state index contributed by atoms with van der Waals surface area (Å²) in [6, 6.07) is 9.56. The fourth-order valence-electron chi connectivity index (χ4n) is 4.40. The molecular weight excluding hydrogens is 340 g/mol. The van der Waals surface area contributed by atoms with E-state index in [1.54, 1.807) is 0 Å². The molecule has 1 aliphatic carbocycles. The number of rotatable bonds is 3. The summed E-state index contributed by atoms with van der Waals surface area (Å²) in [5.41, 5.74) is 0.724. The summed E-state index contributed by atoms with van der Waals surface area (Å²) in [7, 11) is 2.15. The molecule has 0 aromatic heterocycles. The van der Waals surface area contributed by atoms with Crippen LogP contribution in [0, 0.1) is 5.92 Å². The van der Waals surface area contributed by atoms with Crippen LogP contribution in [0.4, 0.5) is 10.5 Å². The normalized spacial score (nSPS) is 26.9. The number of hydrogen-bond donors (Lipinski definition) is 1. The molecule has 0 radical (unpaired) electrons. The van der Waals surface area contributed by atoms with Gasteiger partial charge in [-0.3, -0.25) is 9.69 Å². The lowest BCUT2D eigenvalue weighted by molar-refractivity contribution is -0.130. The largest absolute Gasteiger partial charge is 0.342 e. The molecule has 2 aliphatic heterocycles. The maximum absolute atomic E-state index is 12.8. The summed E-state index contributed by atoms with van der Waals surface area (Å²) < 4.78 is 0. The molecule has 6 heteroatoms. The molecule has 1 aromatic rings. The second-order valence-corrected chi connectivity index (χ2v) is 8.40. The number of hydrogen-bond acceptors (Lipinski definition) is 3. The van der Waals surface area contributed by atoms with Gasteiger partial charge in [-0.1, -0.05) is 18.2 Å². The topological polar surface area (TPSA) is 55.9 Å². The molecule has 6 nitrogen and oxygen atoms in total. The monoisotopic (exact) mass is 370 g/mol. The summed E-state index contributed by atoms with van der Waals surface area (Å²) >= 11 is 0. The van der Waals surface area contributed by atoms with E-state index >= 15 is 0 Å². The van der Waals surface area contributed by atoms with Crippen molar-refractivity contribution in [2.24, 2.45) is 5.92 Å². The number of urea groups is 1. The van der Waals surface area contributed by atoms with Crippen LogP contribution in [0.5, 0.6) is 0 Å². The fraction of sp³-hybridized carbons (Fsp3) is 0.619. The summed E-state index contributed by atoms with van der Waals surface area (Å²) in [4.78, 5) is 31.7. The zero-order valence-corrected chi connectivity index (χ0v) is 16.2. The van der Waals surface area contributed by atoms with Crippen LogP contribution in [0.15, 0.2) is 30.3 Å². The second kappa shape index (κ2) is 7.50. The van der Waals surface area contributed by atoms with Crippen LogP contribution in [0.25, 0.3) is 0 Å². The van der Waals surface area contributed by atoms with Gasteiger partial charge in [-0.25, -0.2) is 4.79 Å². The average molecular weight is 370 g/mol. The lowest BCUT2D eigenvalue weighted by Gasteiger charge is -2.49. The number of piperazine rings is 1. The molecule has 3 aliphatic rings. The standard InChI is InChI=1S/C21H30N4O2/c1-23-13-14-25(20(27)22-18-5-3-2-4-6-18)16-21(23)10-9-19(26)24(12-11-21)15-17-7-8-17/h2-6,17H,7-16H2,1H3,(H,22,27)/t21-/m0/s1. The third-order valence-electron chi connectivity index (χ3n) is 6.49. The van der Waals surface area contributed by atoms with E-state index in [9.17, 15) is 9.59 Å². The van der Waals surface area contributed by atoms with Crippen LogP contribution < -0.4 is 5.32 Å². The van der Waals surface area contributed by atoms with Gasteiger partial charge in [0.2, 0.25) is 5.91 Å². The van der Waals surface area contributed by atoms with Crippen molar-refractivity contribution in [3.05, 3.63) is 30.3 Å². The molecule has 1 aromatic carbocycles. The Kier molecular flexibility index (Phi) is 5.08. The smallest absolute Gasteiger partial charge is 0.321 e. The molecule has 1 saturated carbocycles. The molecule has 27 heavy (non-hydrogen) atoms. The van der Waals surface area contributed by atoms with Crippen LogP contribution >= 0.6 is 0 Å². The zero-order chi connectivity index (χ0) is 18.9. The van der Waals surface area contributed by atoms with Crippen LogP contribution in [0.2, 0.25) is 0 Å². The third kappa shape index (κ3) is 4.10. The maximum atomic E-state index is 12.8. The van der Waals surface area contributed by atoms with E-state index in [4.69, 9.17) is 0 Å². The molecule has 1 atom stereocenters. The van der Waals surface area contributed by atoms with Gasteiger partial charge in [0.1, 0.15) is 0 Å². The predicted octanol–water partition coefficient (Wildman–Crippen LogP) is 2.63. The van der Waals surface area contributed by atoms with Crippen LogP contribution in [0.1, 0.15) is 32.1 Å². The third-order valence-corrected chi connectivity index (χ3v) is 6.49. The minimum Gasteiger partial charge on any atom is -0.342 e. The van der Waals surface area contributed by atoms with Gasteiger partial charge in [-0.15, -0.1) is 0 Å². The molecule has 0 bridgehead atoms. The van der Waals surface area contributed by atoms with E-state index in [1.807, 2.05) is 35.2 Å². The van der Waals surface area contributed by atoms with Gasteiger partial charge in [-0.05, 0) is 50.8 Å². The van der Waals surface area contributed by atoms with E-state index < -0.39 is 0 Å². The van der Waals surface area contributed by atoms with Crippen molar-refractivity contribution in [3.8, 4) is 0 Å². The van der Waals surface area contributed by atoms with Crippen molar-refractivity contribution in [2.45, 2.75) is 37.6 Å². The lowest BCUT2D eigenvalue weighted by Crippen LogP contribution is -2.62. The molecule has 0 unspecified atom stereocenters. The van der Waals surface area contributed by atoms with E-state index in [0.29, 0.717) is 13.0 Å². The number of likely N-dealkylation sites (N-methyl/N-ethyl adjacent to an activating group) is 1. The summed E-state index contributed by atoms with van der Waals surface area (Å²) in [6.07, 6.45) is 4.89. The number of nitrogens with one attached hydrogen (secondary N) is 1. The Hall–Kier alpha value is -2.08. The van der Waals surface area contributed by atoms with Crippen molar-refractivity contribution in [2.75, 3.05) is 45.1 Å². The Morgan fingerprint density at radius 3 is 2.67 bits per heavy atom. The molecule has 3 amide bonds. The second-order valence-electron chi connectivity index (χ2n) is 8.40. The first-order valence-electron chi connectivity index (χ1n) is 10.2. The minimum absolute atomic E-state index is 0.0425. The molecule has 146 valence electrons. The fourth-order valence-corrected chi connectivity index (χ4v) is 4.40. The summed E-state index contributed by atoms with van der Waals surface area (Å²) in [5, 5.41) is 3.01. The average Bonchev–Trinajstić information content (AvgIpc) is 3.50. The molecule has 4 rings (SSSR count). The Bertz CT molecular complexity index is 691. The minimum atomic E-state index is -0.0970. The van der Waals surface area contributed by atoms with Crippen molar-refractivity contribution >= 4 is 17.6 Å². The van der Waals surface area contributed by atoms with E-state index in [1.165, 1.54) is 12.8 Å². The van der Waals surface area contributed by atoms with Gasteiger partial charge in [0, 0.05) is 50.4 Å². The highest BCUT2D eigenvalue weighted by Gasteiger charge is 2.43. The highest BCUT2D eigenvalue weighted by molar-refractivity contribution is 5.89. The van der Waals surface area contributed by atoms with Crippen LogP contribution in [0.3, 0.4) is 0 Å². The number of carbonyl (C=O) groups is 2. The highest BCUT2D eigenvalue weighted by atomic mass is 16.2. The number of benzene rings is 1. The molecule has 2 heterocycles. The molecular formula is C21H30N4O2. The van der Waals surface area contributed by atoms with Gasteiger partial charge in [-0.2, -0.15) is 0 Å². The van der Waals surface area contributed by atoms with Gasteiger partial charge in [0.05, 0.1) is 0 Å². The number of likely N-dealkylation sites (tertiary alicyclic amines) is 1. The van der Waals surface area contributed by atoms with Crippen molar-refractivity contribution in [3.63, 3.8) is 0 Å². The first kappa shape index (κ1) is 18.3. The van der Waals surface area contributed by atoms with E-state index in [-0.39, 0.29) is 17.5 Å². The van der Waals surface area contributed by atoms with Crippen molar-refractivity contribution in [1.29, 1.82) is 0 Å². The van der Waals surface area contributed by atoms with Gasteiger partial charge in [0.15, 0.2) is 0 Å². The number of carbonyl (C=O) groups excluding carboxylic acids is 2. The number of para-hydroxylation sites is 1. The lowest BCUT2D eigenvalue weighted by atomic mass is 9.86. The maximum Gasteiger partial charge on any atom is 0.321 e. The Labute approximate surface area is 161 Å². The molecule has 1 spiro atoms. The van der Waals surface area contributed by atoms with Crippen LogP contribution in [-0.2, 0) is 4.79 Å². The first-order chi connectivity index (χ1) is 13.1. The predicted molar refractivity (Wildman–Crippen MR) is 106 cm³/mol. The Morgan fingerprint density at radius 2 is 1.93 bits per heavy atom. The van der Waals surface area contributed by atoms with Crippen molar-refractivity contribution < 1.29 is 9.59 Å². The Morgan fingerprint density at radius 1 is 1.15 bits per heavy atom. The zero-order valence-electron chi connectivity index (χ0n) is 16.2. The summed E-state index contributed by atoms with van der Waals surface area (Å²) in [6.45, 7) is 3.99.